The van der Waals surface area contributed by atoms with E-state index < -0.39 is 13.0 Å². The predicted octanol–water partition coefficient (Wildman–Crippen LogP) is 2.01. The molecular formula is C16H19F2N5O. The number of piperidine rings is 1. The molecule has 1 aliphatic heterocycles. The molecular weight excluding hydrogens is 316 g/mol. The summed E-state index contributed by atoms with van der Waals surface area (Å²) < 4.78 is 24.2. The molecule has 0 aromatic carbocycles. The minimum absolute atomic E-state index is 0.213. The fourth-order valence-electron chi connectivity index (χ4n) is 3.01. The highest BCUT2D eigenvalue weighted by Crippen LogP contribution is 2.27. The first-order chi connectivity index (χ1) is 11.6. The Labute approximate surface area is 138 Å². The molecule has 3 rings (SSSR count). The van der Waals surface area contributed by atoms with Gasteiger partial charge in [-0.1, -0.05) is 0 Å². The van der Waals surface area contributed by atoms with Crippen molar-refractivity contribution in [3.05, 3.63) is 24.7 Å². The number of rotatable bonds is 5. The summed E-state index contributed by atoms with van der Waals surface area (Å²) in [7, 11) is 0. The molecule has 2 aromatic heterocycles. The Morgan fingerprint density at radius 3 is 2.83 bits per heavy atom. The van der Waals surface area contributed by atoms with Crippen molar-refractivity contribution in [2.75, 3.05) is 24.5 Å². The van der Waals surface area contributed by atoms with Gasteiger partial charge in [-0.05, 0) is 30.9 Å². The first-order valence-corrected chi connectivity index (χ1v) is 7.99. The molecule has 0 saturated carbocycles. The zero-order chi connectivity index (χ0) is 16.9. The highest BCUT2D eigenvalue weighted by atomic mass is 19.3. The smallest absolute Gasteiger partial charge is 0.255 e. The van der Waals surface area contributed by atoms with E-state index in [0.717, 1.165) is 37.1 Å². The summed E-state index contributed by atoms with van der Waals surface area (Å²) in [6.45, 7) is 0.971. The molecule has 0 unspecified atom stereocenters. The fraction of sp³-hybridized carbons (Fsp3) is 0.500. The first-order valence-electron chi connectivity index (χ1n) is 7.99. The molecule has 8 heteroatoms. The van der Waals surface area contributed by atoms with Crippen LogP contribution in [-0.4, -0.2) is 46.9 Å². The number of aromatic nitrogens is 3. The predicted molar refractivity (Wildman–Crippen MR) is 85.9 cm³/mol. The number of anilines is 1. The van der Waals surface area contributed by atoms with Crippen molar-refractivity contribution < 1.29 is 13.6 Å². The number of halogens is 2. The lowest BCUT2D eigenvalue weighted by Crippen LogP contribution is -2.37. The second-order valence-corrected chi connectivity index (χ2v) is 5.90. The van der Waals surface area contributed by atoms with Crippen LogP contribution in [0.25, 0.3) is 11.0 Å². The number of pyridine rings is 1. The molecule has 1 amide bonds. The Morgan fingerprint density at radius 1 is 1.29 bits per heavy atom. The van der Waals surface area contributed by atoms with Crippen molar-refractivity contribution >= 4 is 22.8 Å². The number of nitrogens with zero attached hydrogens (tertiary/aromatic N) is 4. The maximum Gasteiger partial charge on any atom is 0.255 e. The van der Waals surface area contributed by atoms with Crippen LogP contribution >= 0.6 is 0 Å². The first kappa shape index (κ1) is 16.5. The normalized spacial score (nSPS) is 15.9. The van der Waals surface area contributed by atoms with Crippen LogP contribution in [0.15, 0.2) is 24.7 Å². The average Bonchev–Trinajstić information content (AvgIpc) is 2.60. The van der Waals surface area contributed by atoms with Crippen LogP contribution in [0.3, 0.4) is 0 Å². The maximum atomic E-state index is 12.1. The number of amides is 1. The Morgan fingerprint density at radius 2 is 2.08 bits per heavy atom. The molecule has 1 aliphatic rings. The fourth-order valence-corrected chi connectivity index (χ4v) is 3.01. The molecule has 1 N–H and O–H groups in total. The third kappa shape index (κ3) is 3.93. The Kier molecular flexibility index (Phi) is 5.12. The lowest BCUT2D eigenvalue weighted by Gasteiger charge is -2.33. The summed E-state index contributed by atoms with van der Waals surface area (Å²) in [6.07, 6.45) is 2.65. The van der Waals surface area contributed by atoms with Crippen LogP contribution < -0.4 is 10.2 Å². The largest absolute Gasteiger partial charge is 0.356 e. The van der Waals surface area contributed by atoms with Crippen LogP contribution in [0.1, 0.15) is 19.3 Å². The van der Waals surface area contributed by atoms with E-state index in [1.54, 1.807) is 6.20 Å². The van der Waals surface area contributed by atoms with Gasteiger partial charge >= 0.3 is 0 Å². The minimum atomic E-state index is -2.50. The molecule has 0 bridgehead atoms. The summed E-state index contributed by atoms with van der Waals surface area (Å²) in [4.78, 5) is 26.6. The summed E-state index contributed by atoms with van der Waals surface area (Å²) in [5.74, 6) is 0.768. The van der Waals surface area contributed by atoms with Gasteiger partial charge in [-0.3, -0.25) is 4.79 Å². The van der Waals surface area contributed by atoms with Crippen LogP contribution in [0.4, 0.5) is 14.6 Å². The van der Waals surface area contributed by atoms with Crippen molar-refractivity contribution in [2.24, 2.45) is 5.92 Å². The molecule has 0 aliphatic carbocycles. The molecule has 3 heterocycles. The van der Waals surface area contributed by atoms with Gasteiger partial charge < -0.3 is 10.2 Å². The maximum absolute atomic E-state index is 12.1. The van der Waals surface area contributed by atoms with Crippen molar-refractivity contribution in [1.82, 2.24) is 20.3 Å². The van der Waals surface area contributed by atoms with E-state index in [1.165, 1.54) is 6.33 Å². The van der Waals surface area contributed by atoms with E-state index in [0.29, 0.717) is 12.1 Å². The van der Waals surface area contributed by atoms with Crippen molar-refractivity contribution in [3.63, 3.8) is 0 Å². The average molecular weight is 335 g/mol. The number of nitrogens with one attached hydrogen (secondary N) is 1. The zero-order valence-corrected chi connectivity index (χ0v) is 13.2. The lowest BCUT2D eigenvalue weighted by atomic mass is 9.93. The monoisotopic (exact) mass is 335 g/mol. The lowest BCUT2D eigenvalue weighted by molar-refractivity contribution is -0.122. The van der Waals surface area contributed by atoms with Gasteiger partial charge in [0.05, 0.1) is 11.9 Å². The van der Waals surface area contributed by atoms with Gasteiger partial charge in [0.15, 0.2) is 5.65 Å². The number of carbonyl (C=O) groups is 1. The van der Waals surface area contributed by atoms with Gasteiger partial charge in [0.2, 0.25) is 5.91 Å². The van der Waals surface area contributed by atoms with E-state index in [1.807, 2.05) is 12.1 Å². The highest BCUT2D eigenvalue weighted by Gasteiger charge is 2.23. The Hall–Kier alpha value is -2.38. The SMILES string of the molecule is O=C(CC1CCN(c2ncnc3ncccc23)CC1)NCC(F)F. The standard InChI is InChI=1S/C16H19F2N5O/c17-13(18)9-20-14(24)8-11-3-6-23(7-4-11)16-12-2-1-5-19-15(12)21-10-22-16/h1-2,5,10-11,13H,3-4,6-9H2,(H,20,24). The third-order valence-electron chi connectivity index (χ3n) is 4.23. The van der Waals surface area contributed by atoms with Crippen molar-refractivity contribution in [2.45, 2.75) is 25.7 Å². The van der Waals surface area contributed by atoms with Gasteiger partial charge in [0.25, 0.3) is 6.43 Å². The van der Waals surface area contributed by atoms with E-state index in [-0.39, 0.29) is 11.8 Å². The van der Waals surface area contributed by atoms with E-state index in [4.69, 9.17) is 0 Å². The number of hydrogen-bond donors (Lipinski definition) is 1. The summed E-state index contributed by atoms with van der Waals surface area (Å²) in [5.41, 5.74) is 0.663. The number of fused-ring (bicyclic) bond motifs is 1. The molecule has 2 aromatic rings. The minimum Gasteiger partial charge on any atom is -0.356 e. The molecule has 6 nitrogen and oxygen atoms in total. The summed E-state index contributed by atoms with van der Waals surface area (Å²) in [5, 5.41) is 3.18. The molecule has 0 radical (unpaired) electrons. The Balaban J connectivity index is 1.58. The zero-order valence-electron chi connectivity index (χ0n) is 13.2. The third-order valence-corrected chi connectivity index (χ3v) is 4.23. The topological polar surface area (TPSA) is 71.0 Å². The molecule has 24 heavy (non-hydrogen) atoms. The van der Waals surface area contributed by atoms with Gasteiger partial charge in [-0.15, -0.1) is 0 Å². The van der Waals surface area contributed by atoms with Crippen LogP contribution in [0.2, 0.25) is 0 Å². The Bertz CT molecular complexity index is 698. The van der Waals surface area contributed by atoms with E-state index in [2.05, 4.69) is 25.2 Å². The molecule has 0 spiro atoms. The number of alkyl halides is 2. The molecule has 1 fully saturated rings. The quantitative estimate of drug-likeness (QED) is 0.905. The van der Waals surface area contributed by atoms with Crippen molar-refractivity contribution in [3.8, 4) is 0 Å². The summed E-state index contributed by atoms with van der Waals surface area (Å²) in [6, 6.07) is 3.80. The van der Waals surface area contributed by atoms with Gasteiger partial charge in [0.1, 0.15) is 12.1 Å². The van der Waals surface area contributed by atoms with Crippen LogP contribution in [-0.2, 0) is 4.79 Å². The van der Waals surface area contributed by atoms with Gasteiger partial charge in [0, 0.05) is 25.7 Å². The van der Waals surface area contributed by atoms with Gasteiger partial charge in [-0.25, -0.2) is 23.7 Å². The van der Waals surface area contributed by atoms with Crippen LogP contribution in [0, 0.1) is 5.92 Å². The second kappa shape index (κ2) is 7.46. The van der Waals surface area contributed by atoms with Crippen LogP contribution in [0.5, 0.6) is 0 Å². The second-order valence-electron chi connectivity index (χ2n) is 5.90. The van der Waals surface area contributed by atoms with E-state index in [9.17, 15) is 13.6 Å². The molecule has 0 atom stereocenters. The molecule has 1 saturated heterocycles. The van der Waals surface area contributed by atoms with E-state index >= 15 is 0 Å². The highest BCUT2D eigenvalue weighted by molar-refractivity contribution is 5.86. The van der Waals surface area contributed by atoms with Crippen molar-refractivity contribution in [1.29, 1.82) is 0 Å². The summed E-state index contributed by atoms with van der Waals surface area (Å²) >= 11 is 0. The number of hydrogen-bond acceptors (Lipinski definition) is 5. The molecule has 128 valence electrons. The van der Waals surface area contributed by atoms with Gasteiger partial charge in [-0.2, -0.15) is 0 Å². The number of carbonyl (C=O) groups excluding carboxylic acids is 1.